The lowest BCUT2D eigenvalue weighted by molar-refractivity contribution is -0.149. The molecule has 0 amide bonds. The monoisotopic (exact) mass is 623 g/mol. The molecule has 0 aliphatic carbocycles. The normalized spacial score (nSPS) is 24.0. The third-order valence-corrected chi connectivity index (χ3v) is 8.17. The van der Waals surface area contributed by atoms with Crippen LogP contribution in [-0.2, 0) is 23.4 Å². The molecule has 0 spiro atoms. The highest BCUT2D eigenvalue weighted by molar-refractivity contribution is 7.52. The number of rotatable bonds is 11. The number of nitrogens with one attached hydrogen (secondary N) is 2. The number of aromatic amines is 1. The highest BCUT2D eigenvalue weighted by atomic mass is 31.2. The first kappa shape index (κ1) is 32.2. The molecule has 15 heteroatoms. The third-order valence-electron chi connectivity index (χ3n) is 6.52. The fraction of sp³-hybridized carbons (Fsp3) is 0.393. The molecule has 0 unspecified atom stereocenters. The molecule has 6 atom stereocenters. The molecule has 2 heterocycles. The smallest absolute Gasteiger partial charge is 0.459 e. The number of H-pyrrole nitrogens is 1. The number of hydrogen-bond donors (Lipinski definition) is 3. The summed E-state index contributed by atoms with van der Waals surface area (Å²) in [5.41, 5.74) is -2.98. The van der Waals surface area contributed by atoms with Crippen LogP contribution in [0.4, 0.5) is 8.78 Å². The molecular formula is C28H32F2N3O9P. The van der Waals surface area contributed by atoms with Crippen molar-refractivity contribution in [3.63, 3.8) is 0 Å². The molecular weight excluding hydrogens is 591 g/mol. The summed E-state index contributed by atoms with van der Waals surface area (Å²) in [6.07, 6.45) is -4.43. The Balaban J connectivity index is 1.55. The highest BCUT2D eigenvalue weighted by Crippen LogP contribution is 2.47. The van der Waals surface area contributed by atoms with Crippen LogP contribution in [0, 0.1) is 5.82 Å². The van der Waals surface area contributed by atoms with E-state index >= 15 is 4.39 Å². The standard InChI is InChI=1S/C28H32F2N3O9P/c1-16(2)40-25(36)17(3)32-43(38,42-21-10-8-18(9-11-21)19-6-5-7-20(29)14-19)39-15-22-24(35)28(4,30)26(41-22)33-13-12-23(34)31-27(33)37/h5-14,16-17,22,24,26,35H,15H2,1-4H3,(H,32,38)(H,31,34,37)/t17-,22+,24+,26+,28+,43-/m0/s1. The number of benzene rings is 2. The summed E-state index contributed by atoms with van der Waals surface area (Å²) in [6.45, 7) is 4.93. The van der Waals surface area contributed by atoms with Gasteiger partial charge < -0.3 is 19.1 Å². The van der Waals surface area contributed by atoms with E-state index in [1.54, 1.807) is 38.1 Å². The van der Waals surface area contributed by atoms with Crippen LogP contribution in [0.25, 0.3) is 11.1 Å². The molecule has 3 aromatic rings. The van der Waals surface area contributed by atoms with E-state index in [1.165, 1.54) is 31.2 Å². The molecule has 1 aromatic heterocycles. The Hall–Kier alpha value is -3.68. The molecule has 4 rings (SSSR count). The minimum absolute atomic E-state index is 0.0429. The topological polar surface area (TPSA) is 158 Å². The van der Waals surface area contributed by atoms with Crippen molar-refractivity contribution in [1.29, 1.82) is 0 Å². The van der Waals surface area contributed by atoms with E-state index in [0.29, 0.717) is 11.1 Å². The van der Waals surface area contributed by atoms with Crippen molar-refractivity contribution in [3.05, 3.63) is 87.4 Å². The number of ether oxygens (including phenoxy) is 2. The Labute approximate surface area is 245 Å². The fourth-order valence-corrected chi connectivity index (χ4v) is 5.87. The summed E-state index contributed by atoms with van der Waals surface area (Å²) in [7, 11) is -4.46. The van der Waals surface area contributed by atoms with Gasteiger partial charge in [0.05, 0.1) is 12.7 Å². The van der Waals surface area contributed by atoms with Crippen molar-refractivity contribution in [3.8, 4) is 16.9 Å². The molecule has 1 aliphatic heterocycles. The van der Waals surface area contributed by atoms with Gasteiger partial charge in [0.1, 0.15) is 29.8 Å². The van der Waals surface area contributed by atoms with E-state index in [-0.39, 0.29) is 5.75 Å². The first-order chi connectivity index (χ1) is 20.2. The number of halogens is 2. The van der Waals surface area contributed by atoms with Gasteiger partial charge in [-0.1, -0.05) is 24.3 Å². The molecule has 1 saturated heterocycles. The predicted molar refractivity (Wildman–Crippen MR) is 151 cm³/mol. The Morgan fingerprint density at radius 3 is 2.49 bits per heavy atom. The lowest BCUT2D eigenvalue weighted by atomic mass is 9.98. The number of aliphatic hydroxyl groups excluding tert-OH is 1. The lowest BCUT2D eigenvalue weighted by Gasteiger charge is -2.25. The zero-order valence-corrected chi connectivity index (χ0v) is 24.6. The second-order valence-corrected chi connectivity index (χ2v) is 12.1. The van der Waals surface area contributed by atoms with E-state index < -0.39 is 73.6 Å². The van der Waals surface area contributed by atoms with Crippen LogP contribution in [-0.4, -0.2) is 57.3 Å². The largest absolute Gasteiger partial charge is 0.462 e. The fourth-order valence-electron chi connectivity index (χ4n) is 4.36. The maximum absolute atomic E-state index is 15.6. The summed E-state index contributed by atoms with van der Waals surface area (Å²) < 4.78 is 65.9. The van der Waals surface area contributed by atoms with Crippen molar-refractivity contribution in [2.45, 2.75) is 63.9 Å². The van der Waals surface area contributed by atoms with Crippen molar-refractivity contribution in [2.75, 3.05) is 6.61 Å². The van der Waals surface area contributed by atoms with E-state index in [9.17, 15) is 28.4 Å². The molecule has 0 saturated carbocycles. The summed E-state index contributed by atoms with van der Waals surface area (Å²) in [6, 6.07) is 11.8. The lowest BCUT2D eigenvalue weighted by Crippen LogP contribution is -2.43. The molecule has 1 aliphatic rings. The van der Waals surface area contributed by atoms with Crippen molar-refractivity contribution in [2.24, 2.45) is 0 Å². The van der Waals surface area contributed by atoms with Gasteiger partial charge in [-0.2, -0.15) is 5.09 Å². The van der Waals surface area contributed by atoms with Crippen LogP contribution in [0.5, 0.6) is 5.75 Å². The van der Waals surface area contributed by atoms with Gasteiger partial charge in [0.15, 0.2) is 11.9 Å². The van der Waals surface area contributed by atoms with E-state index in [0.717, 1.165) is 23.8 Å². The number of aromatic nitrogens is 2. The van der Waals surface area contributed by atoms with Gasteiger partial charge in [0.2, 0.25) is 0 Å². The van der Waals surface area contributed by atoms with Crippen LogP contribution >= 0.6 is 7.75 Å². The summed E-state index contributed by atoms with van der Waals surface area (Å²) in [4.78, 5) is 38.1. The average Bonchev–Trinajstić information content (AvgIpc) is 3.15. The first-order valence-electron chi connectivity index (χ1n) is 13.3. The van der Waals surface area contributed by atoms with Gasteiger partial charge >= 0.3 is 19.4 Å². The van der Waals surface area contributed by atoms with Gasteiger partial charge in [0.25, 0.3) is 5.56 Å². The second-order valence-electron chi connectivity index (χ2n) is 10.4. The number of nitrogens with zero attached hydrogens (tertiary/aromatic N) is 1. The molecule has 232 valence electrons. The van der Waals surface area contributed by atoms with Gasteiger partial charge in [-0.25, -0.2) is 18.1 Å². The summed E-state index contributed by atoms with van der Waals surface area (Å²) >= 11 is 0. The number of carbonyl (C=O) groups excluding carboxylic acids is 1. The van der Waals surface area contributed by atoms with Gasteiger partial charge in [0, 0.05) is 12.3 Å². The van der Waals surface area contributed by atoms with Crippen LogP contribution in [0.3, 0.4) is 0 Å². The SMILES string of the molecule is CC(C)OC(=O)[C@H](C)N[P@](=O)(OC[C@H]1O[C@@H](n2ccc(=O)[nH]c2=O)[C@](C)(F)[C@@H]1O)Oc1ccc(-c2cccc(F)c2)cc1. The molecule has 0 bridgehead atoms. The Bertz CT molecular complexity index is 1610. The second kappa shape index (κ2) is 12.9. The van der Waals surface area contributed by atoms with Crippen LogP contribution in [0.2, 0.25) is 0 Å². The minimum atomic E-state index is -4.46. The van der Waals surface area contributed by atoms with Crippen LogP contribution < -0.4 is 20.9 Å². The predicted octanol–water partition coefficient (Wildman–Crippen LogP) is 3.46. The maximum Gasteiger partial charge on any atom is 0.459 e. The minimum Gasteiger partial charge on any atom is -0.462 e. The zero-order chi connectivity index (χ0) is 31.5. The molecule has 1 fully saturated rings. The molecule has 43 heavy (non-hydrogen) atoms. The third kappa shape index (κ3) is 7.64. The van der Waals surface area contributed by atoms with E-state index in [1.807, 2.05) is 4.98 Å². The van der Waals surface area contributed by atoms with Gasteiger partial charge in [-0.05, 0) is 63.1 Å². The van der Waals surface area contributed by atoms with Gasteiger partial charge in [-0.3, -0.25) is 23.7 Å². The Morgan fingerprint density at radius 1 is 1.16 bits per heavy atom. The number of hydrogen-bond acceptors (Lipinski definition) is 9. The van der Waals surface area contributed by atoms with Crippen LogP contribution in [0.1, 0.15) is 33.9 Å². The molecule has 0 radical (unpaired) electrons. The Morgan fingerprint density at radius 2 is 1.86 bits per heavy atom. The Kier molecular flexibility index (Phi) is 9.67. The highest BCUT2D eigenvalue weighted by Gasteiger charge is 2.56. The van der Waals surface area contributed by atoms with Gasteiger partial charge in [-0.15, -0.1) is 0 Å². The summed E-state index contributed by atoms with van der Waals surface area (Å²) in [5, 5.41) is 13.2. The average molecular weight is 624 g/mol. The van der Waals surface area contributed by atoms with Crippen molar-refractivity contribution >= 4 is 13.7 Å². The maximum atomic E-state index is 15.6. The molecule has 12 nitrogen and oxygen atoms in total. The molecule has 3 N–H and O–H groups in total. The number of aliphatic hydroxyl groups is 1. The number of esters is 1. The summed E-state index contributed by atoms with van der Waals surface area (Å²) in [5.74, 6) is -1.13. The van der Waals surface area contributed by atoms with E-state index in [4.69, 9.17) is 18.5 Å². The van der Waals surface area contributed by atoms with Crippen molar-refractivity contribution < 1.29 is 41.8 Å². The van der Waals surface area contributed by atoms with Crippen LogP contribution in [0.15, 0.2) is 70.4 Å². The number of carbonyl (C=O) groups is 1. The quantitative estimate of drug-likeness (QED) is 0.213. The van der Waals surface area contributed by atoms with Crippen molar-refractivity contribution in [1.82, 2.24) is 14.6 Å². The molecule has 2 aromatic carbocycles. The zero-order valence-electron chi connectivity index (χ0n) is 23.7. The van der Waals surface area contributed by atoms with E-state index in [2.05, 4.69) is 5.09 Å². The first-order valence-corrected chi connectivity index (χ1v) is 14.8. The number of alkyl halides is 1.